The Morgan fingerprint density at radius 3 is 2.53 bits per heavy atom. The fourth-order valence-corrected chi connectivity index (χ4v) is 2.06. The molecule has 0 saturated carbocycles. The summed E-state index contributed by atoms with van der Waals surface area (Å²) in [6, 6.07) is -1.29. The summed E-state index contributed by atoms with van der Waals surface area (Å²) in [5.41, 5.74) is -0.536. The van der Waals surface area contributed by atoms with Crippen LogP contribution in [-0.4, -0.2) is 54.4 Å². The van der Waals surface area contributed by atoms with Crippen LogP contribution in [0.1, 0.15) is 33.6 Å². The van der Waals surface area contributed by atoms with E-state index in [0.29, 0.717) is 6.54 Å². The number of carbonyl (C=O) groups is 2. The number of rotatable bonds is 4. The molecule has 1 aliphatic rings. The molecule has 0 spiro atoms. The molecule has 0 aromatic rings. The minimum atomic E-state index is -1.02. The first-order valence-corrected chi connectivity index (χ1v) is 6.58. The van der Waals surface area contributed by atoms with Crippen LogP contribution in [0.4, 0.5) is 4.79 Å². The minimum Gasteiger partial charge on any atom is -0.480 e. The second kappa shape index (κ2) is 6.23. The molecule has 2 unspecified atom stereocenters. The number of carbonyl (C=O) groups excluding carboxylic acids is 1. The number of ether oxygens (including phenoxy) is 1. The number of amides is 2. The van der Waals surface area contributed by atoms with Gasteiger partial charge in [-0.3, -0.25) is 0 Å². The van der Waals surface area contributed by atoms with Crippen molar-refractivity contribution >= 4 is 12.0 Å². The van der Waals surface area contributed by atoms with E-state index in [0.717, 1.165) is 19.4 Å². The second-order valence-electron chi connectivity index (χ2n) is 6.10. The number of carboxylic acids is 1. The Hall–Kier alpha value is -1.30. The minimum absolute atomic E-state index is 0.0636. The largest absolute Gasteiger partial charge is 0.480 e. The number of hydrogen-bond acceptors (Lipinski definition) is 3. The summed E-state index contributed by atoms with van der Waals surface area (Å²) in [4.78, 5) is 24.7. The van der Waals surface area contributed by atoms with Crippen LogP contribution in [0.3, 0.4) is 0 Å². The Balaban J connectivity index is 2.53. The molecule has 0 aromatic heterocycles. The normalized spacial score (nSPS) is 20.9. The zero-order valence-corrected chi connectivity index (χ0v) is 12.1. The van der Waals surface area contributed by atoms with Crippen LogP contribution >= 0.6 is 0 Å². The van der Waals surface area contributed by atoms with E-state index in [1.54, 1.807) is 27.8 Å². The van der Waals surface area contributed by atoms with Gasteiger partial charge in [0.25, 0.3) is 0 Å². The van der Waals surface area contributed by atoms with Gasteiger partial charge >= 0.3 is 12.0 Å². The number of nitrogens with one attached hydrogen (secondary N) is 1. The maximum absolute atomic E-state index is 12.0. The number of likely N-dealkylation sites (N-methyl/N-ethyl adjacent to an activating group) is 1. The van der Waals surface area contributed by atoms with Gasteiger partial charge < -0.3 is 20.1 Å². The van der Waals surface area contributed by atoms with Crippen molar-refractivity contribution in [3.63, 3.8) is 0 Å². The topological polar surface area (TPSA) is 78.9 Å². The molecule has 1 fully saturated rings. The molecule has 2 atom stereocenters. The summed E-state index contributed by atoms with van der Waals surface area (Å²) in [6.07, 6.45) is 2.02. The first kappa shape index (κ1) is 15.8. The number of nitrogens with zero attached hydrogens (tertiary/aromatic N) is 1. The van der Waals surface area contributed by atoms with Crippen LogP contribution in [-0.2, 0) is 9.53 Å². The summed E-state index contributed by atoms with van der Waals surface area (Å²) >= 11 is 0. The number of hydrogen-bond donors (Lipinski definition) is 2. The molecular weight excluding hydrogens is 248 g/mol. The van der Waals surface area contributed by atoms with Crippen molar-refractivity contribution in [2.75, 3.05) is 20.2 Å². The molecule has 2 N–H and O–H groups in total. The third-order valence-corrected chi connectivity index (χ3v) is 3.23. The first-order chi connectivity index (χ1) is 8.71. The maximum Gasteiger partial charge on any atom is 0.326 e. The third kappa shape index (κ3) is 4.70. The molecule has 19 heavy (non-hydrogen) atoms. The van der Waals surface area contributed by atoms with E-state index >= 15 is 0 Å². The Kier molecular flexibility index (Phi) is 5.17. The van der Waals surface area contributed by atoms with Crippen LogP contribution in [0.15, 0.2) is 0 Å². The standard InChI is InChI=1S/C13H24N2O4/c1-13(2,3)10(11(16)17)14-12(18)15(4)8-9-6-5-7-19-9/h9-10H,5-8H2,1-4H3,(H,14,18)(H,16,17). The van der Waals surface area contributed by atoms with Crippen LogP contribution in [0.2, 0.25) is 0 Å². The monoisotopic (exact) mass is 272 g/mol. The lowest BCUT2D eigenvalue weighted by Gasteiger charge is -2.30. The highest BCUT2D eigenvalue weighted by Crippen LogP contribution is 2.20. The summed E-state index contributed by atoms with van der Waals surface area (Å²) in [7, 11) is 1.65. The lowest BCUT2D eigenvalue weighted by atomic mass is 9.87. The van der Waals surface area contributed by atoms with Gasteiger partial charge in [-0.2, -0.15) is 0 Å². The van der Waals surface area contributed by atoms with Crippen molar-refractivity contribution in [3.8, 4) is 0 Å². The molecule has 1 heterocycles. The average Bonchev–Trinajstić information content (AvgIpc) is 2.75. The van der Waals surface area contributed by atoms with Gasteiger partial charge in [0.05, 0.1) is 6.10 Å². The molecule has 1 rings (SSSR count). The molecule has 6 heteroatoms. The van der Waals surface area contributed by atoms with E-state index in [1.165, 1.54) is 4.90 Å². The summed E-state index contributed by atoms with van der Waals surface area (Å²) in [5.74, 6) is -1.02. The number of carboxylic acid groups (broad SMARTS) is 1. The molecular formula is C13H24N2O4. The van der Waals surface area contributed by atoms with Crippen molar-refractivity contribution < 1.29 is 19.4 Å². The molecule has 6 nitrogen and oxygen atoms in total. The van der Waals surface area contributed by atoms with Gasteiger partial charge in [-0.05, 0) is 18.3 Å². The fraction of sp³-hybridized carbons (Fsp3) is 0.846. The smallest absolute Gasteiger partial charge is 0.326 e. The maximum atomic E-state index is 12.0. The van der Waals surface area contributed by atoms with E-state index in [9.17, 15) is 9.59 Å². The number of aliphatic carboxylic acids is 1. The van der Waals surface area contributed by atoms with Crippen molar-refractivity contribution in [1.29, 1.82) is 0 Å². The molecule has 0 radical (unpaired) electrons. The van der Waals surface area contributed by atoms with Gasteiger partial charge in [0.2, 0.25) is 0 Å². The summed E-state index contributed by atoms with van der Waals surface area (Å²) in [6.45, 7) is 6.58. The lowest BCUT2D eigenvalue weighted by molar-refractivity contribution is -0.142. The molecule has 0 aliphatic carbocycles. The Morgan fingerprint density at radius 2 is 2.11 bits per heavy atom. The van der Waals surface area contributed by atoms with E-state index in [4.69, 9.17) is 9.84 Å². The van der Waals surface area contributed by atoms with Gasteiger partial charge in [0.15, 0.2) is 0 Å². The zero-order valence-electron chi connectivity index (χ0n) is 12.1. The van der Waals surface area contributed by atoms with Crippen LogP contribution in [0.5, 0.6) is 0 Å². The quantitative estimate of drug-likeness (QED) is 0.808. The number of urea groups is 1. The predicted molar refractivity (Wildman–Crippen MR) is 71.0 cm³/mol. The van der Waals surface area contributed by atoms with E-state index < -0.39 is 17.4 Å². The van der Waals surface area contributed by atoms with Gasteiger partial charge in [0.1, 0.15) is 6.04 Å². The molecule has 1 saturated heterocycles. The summed E-state index contributed by atoms with van der Waals surface area (Å²) in [5, 5.41) is 11.7. The third-order valence-electron chi connectivity index (χ3n) is 3.23. The second-order valence-corrected chi connectivity index (χ2v) is 6.10. The Bertz CT molecular complexity index is 332. The van der Waals surface area contributed by atoms with Crippen LogP contribution in [0, 0.1) is 5.41 Å². The van der Waals surface area contributed by atoms with Crippen molar-refractivity contribution in [2.45, 2.75) is 45.8 Å². The van der Waals surface area contributed by atoms with Gasteiger partial charge in [-0.25, -0.2) is 9.59 Å². The van der Waals surface area contributed by atoms with E-state index in [1.807, 2.05) is 0 Å². The van der Waals surface area contributed by atoms with Crippen molar-refractivity contribution in [2.24, 2.45) is 5.41 Å². The van der Waals surface area contributed by atoms with E-state index in [-0.39, 0.29) is 12.1 Å². The summed E-state index contributed by atoms with van der Waals surface area (Å²) < 4.78 is 5.46. The Morgan fingerprint density at radius 1 is 1.47 bits per heavy atom. The first-order valence-electron chi connectivity index (χ1n) is 6.58. The van der Waals surface area contributed by atoms with Gasteiger partial charge in [-0.15, -0.1) is 0 Å². The zero-order chi connectivity index (χ0) is 14.6. The van der Waals surface area contributed by atoms with Gasteiger partial charge in [-0.1, -0.05) is 20.8 Å². The molecule has 2 amide bonds. The van der Waals surface area contributed by atoms with Gasteiger partial charge in [0, 0.05) is 20.2 Å². The van der Waals surface area contributed by atoms with Crippen LogP contribution < -0.4 is 5.32 Å². The predicted octanol–water partition coefficient (Wildman–Crippen LogP) is 1.31. The van der Waals surface area contributed by atoms with Crippen LogP contribution in [0.25, 0.3) is 0 Å². The van der Waals surface area contributed by atoms with E-state index in [2.05, 4.69) is 5.32 Å². The highest BCUT2D eigenvalue weighted by molar-refractivity contribution is 5.83. The molecule has 110 valence electrons. The van der Waals surface area contributed by atoms with Crippen molar-refractivity contribution in [1.82, 2.24) is 10.2 Å². The SMILES string of the molecule is CN(CC1CCCO1)C(=O)NC(C(=O)O)C(C)(C)C. The highest BCUT2D eigenvalue weighted by atomic mass is 16.5. The average molecular weight is 272 g/mol. The van der Waals surface area contributed by atoms with Crippen molar-refractivity contribution in [3.05, 3.63) is 0 Å². The lowest BCUT2D eigenvalue weighted by Crippen LogP contribution is -2.53. The molecule has 0 aromatic carbocycles. The fourth-order valence-electron chi connectivity index (χ4n) is 2.06. The Labute approximate surface area is 114 Å². The molecule has 1 aliphatic heterocycles. The highest BCUT2D eigenvalue weighted by Gasteiger charge is 2.33. The molecule has 0 bridgehead atoms.